The van der Waals surface area contributed by atoms with Gasteiger partial charge in [0.2, 0.25) is 0 Å². The van der Waals surface area contributed by atoms with Crippen molar-refractivity contribution in [2.45, 2.75) is 39.7 Å². The molecule has 1 unspecified atom stereocenters. The van der Waals surface area contributed by atoms with Crippen LogP contribution >= 0.6 is 12.2 Å². The normalized spacial score (nSPS) is 18.6. The lowest BCUT2D eigenvalue weighted by molar-refractivity contribution is 0.114. The van der Waals surface area contributed by atoms with Crippen LogP contribution in [0.2, 0.25) is 0 Å². The van der Waals surface area contributed by atoms with E-state index in [0.29, 0.717) is 5.11 Å². The summed E-state index contributed by atoms with van der Waals surface area (Å²) >= 11 is 5.22. The van der Waals surface area contributed by atoms with Gasteiger partial charge in [0, 0.05) is 13.2 Å². The molecule has 114 valence electrons. The number of rotatable bonds is 4. The first kappa shape index (κ1) is 15.9. The molecule has 0 spiro atoms. The van der Waals surface area contributed by atoms with Gasteiger partial charge in [-0.25, -0.2) is 0 Å². The molecule has 21 heavy (non-hydrogen) atoms. The molecule has 1 heterocycles. The van der Waals surface area contributed by atoms with Crippen LogP contribution in [-0.2, 0) is 4.74 Å². The number of hydrazone groups is 1. The summed E-state index contributed by atoms with van der Waals surface area (Å²) in [6.45, 7) is 7.78. The molecule has 1 atom stereocenters. The molecule has 1 fully saturated rings. The summed E-state index contributed by atoms with van der Waals surface area (Å²) in [6.07, 6.45) is 2.51. The maximum absolute atomic E-state index is 5.54. The summed E-state index contributed by atoms with van der Waals surface area (Å²) in [7, 11) is 0. The Hall–Kier alpha value is -1.46. The highest BCUT2D eigenvalue weighted by molar-refractivity contribution is 7.80. The van der Waals surface area contributed by atoms with Crippen molar-refractivity contribution in [3.05, 3.63) is 34.9 Å². The number of nitrogens with zero attached hydrogens (tertiary/aromatic N) is 1. The van der Waals surface area contributed by atoms with Crippen LogP contribution in [0.5, 0.6) is 0 Å². The largest absolute Gasteiger partial charge is 0.376 e. The second-order valence-electron chi connectivity index (χ2n) is 5.45. The third-order valence-electron chi connectivity index (χ3n) is 3.76. The minimum Gasteiger partial charge on any atom is -0.376 e. The average molecular weight is 305 g/mol. The number of aryl methyl sites for hydroxylation is 2. The summed E-state index contributed by atoms with van der Waals surface area (Å²) in [6, 6.07) is 6.32. The molecular weight excluding hydrogens is 282 g/mol. The Labute approximate surface area is 132 Å². The van der Waals surface area contributed by atoms with Gasteiger partial charge in [-0.3, -0.25) is 5.43 Å². The molecule has 1 aromatic rings. The van der Waals surface area contributed by atoms with E-state index in [4.69, 9.17) is 17.0 Å². The molecular formula is C16H23N3OS. The van der Waals surface area contributed by atoms with Crippen molar-refractivity contribution >= 4 is 23.0 Å². The van der Waals surface area contributed by atoms with Crippen LogP contribution in [-0.4, -0.2) is 30.1 Å². The fraction of sp³-hybridized carbons (Fsp3) is 0.500. The zero-order valence-corrected chi connectivity index (χ0v) is 13.7. The summed E-state index contributed by atoms with van der Waals surface area (Å²) in [5.41, 5.74) is 7.46. The topological polar surface area (TPSA) is 45.7 Å². The predicted octanol–water partition coefficient (Wildman–Crippen LogP) is 2.67. The monoisotopic (exact) mass is 305 g/mol. The molecule has 5 heteroatoms. The van der Waals surface area contributed by atoms with E-state index in [1.807, 2.05) is 6.92 Å². The Bertz CT molecular complexity index is 536. The van der Waals surface area contributed by atoms with Gasteiger partial charge in [-0.05, 0) is 68.6 Å². The fourth-order valence-electron chi connectivity index (χ4n) is 2.22. The molecule has 1 aromatic carbocycles. The Morgan fingerprint density at radius 1 is 1.38 bits per heavy atom. The lowest BCUT2D eigenvalue weighted by Crippen LogP contribution is -2.37. The summed E-state index contributed by atoms with van der Waals surface area (Å²) in [5.74, 6) is 0. The van der Waals surface area contributed by atoms with Gasteiger partial charge < -0.3 is 10.1 Å². The highest BCUT2D eigenvalue weighted by Gasteiger charge is 2.15. The van der Waals surface area contributed by atoms with Gasteiger partial charge in [-0.15, -0.1) is 0 Å². The minimum absolute atomic E-state index is 0.273. The van der Waals surface area contributed by atoms with Gasteiger partial charge in [0.25, 0.3) is 0 Å². The highest BCUT2D eigenvalue weighted by atomic mass is 32.1. The third-order valence-corrected chi connectivity index (χ3v) is 4.00. The van der Waals surface area contributed by atoms with Crippen LogP contribution in [0.3, 0.4) is 0 Å². The van der Waals surface area contributed by atoms with Gasteiger partial charge in [0.15, 0.2) is 5.11 Å². The van der Waals surface area contributed by atoms with Crippen LogP contribution in [0.4, 0.5) is 0 Å². The quantitative estimate of drug-likeness (QED) is 0.510. The van der Waals surface area contributed by atoms with Gasteiger partial charge >= 0.3 is 0 Å². The molecule has 4 nitrogen and oxygen atoms in total. The molecule has 2 N–H and O–H groups in total. The Morgan fingerprint density at radius 3 is 2.86 bits per heavy atom. The van der Waals surface area contributed by atoms with E-state index in [2.05, 4.69) is 47.9 Å². The van der Waals surface area contributed by atoms with E-state index in [-0.39, 0.29) is 6.10 Å². The average Bonchev–Trinajstić information content (AvgIpc) is 2.98. The number of thiocarbonyl (C=S) groups is 1. The fourth-order valence-corrected chi connectivity index (χ4v) is 2.35. The molecule has 2 rings (SSSR count). The zero-order valence-electron chi connectivity index (χ0n) is 12.9. The summed E-state index contributed by atoms with van der Waals surface area (Å²) in [5, 5.41) is 8.01. The van der Waals surface area contributed by atoms with E-state index >= 15 is 0 Å². The third kappa shape index (κ3) is 4.79. The maximum atomic E-state index is 5.54. The van der Waals surface area contributed by atoms with E-state index < -0.39 is 0 Å². The molecule has 0 aliphatic carbocycles. The molecule has 0 aromatic heterocycles. The smallest absolute Gasteiger partial charge is 0.187 e. The van der Waals surface area contributed by atoms with Crippen LogP contribution in [0.1, 0.15) is 36.5 Å². The van der Waals surface area contributed by atoms with E-state index in [1.165, 1.54) is 11.1 Å². The van der Waals surface area contributed by atoms with Gasteiger partial charge in [0.05, 0.1) is 11.8 Å². The lowest BCUT2D eigenvalue weighted by Gasteiger charge is -2.12. The second-order valence-corrected chi connectivity index (χ2v) is 5.86. The van der Waals surface area contributed by atoms with Crippen LogP contribution < -0.4 is 10.7 Å². The first-order valence-electron chi connectivity index (χ1n) is 7.33. The van der Waals surface area contributed by atoms with Crippen molar-refractivity contribution in [3.8, 4) is 0 Å². The standard InChI is InChI=1S/C16H23N3OS/c1-11-6-7-14(9-12(11)2)13(3)18-19-16(21)17-10-15-5-4-8-20-15/h6-7,9,15H,4-5,8,10H2,1-3H3,(H2,17,19,21)/b18-13-. The Morgan fingerprint density at radius 2 is 2.19 bits per heavy atom. The van der Waals surface area contributed by atoms with Crippen molar-refractivity contribution < 1.29 is 4.74 Å². The van der Waals surface area contributed by atoms with Gasteiger partial charge in [-0.2, -0.15) is 5.10 Å². The Kier molecular flexibility index (Phi) is 5.70. The van der Waals surface area contributed by atoms with Crippen LogP contribution in [0, 0.1) is 13.8 Å². The summed E-state index contributed by atoms with van der Waals surface area (Å²) in [4.78, 5) is 0. The van der Waals surface area contributed by atoms with E-state index in [0.717, 1.165) is 37.3 Å². The van der Waals surface area contributed by atoms with Gasteiger partial charge in [-0.1, -0.05) is 12.1 Å². The highest BCUT2D eigenvalue weighted by Crippen LogP contribution is 2.11. The zero-order chi connectivity index (χ0) is 15.2. The number of ether oxygens (including phenoxy) is 1. The number of nitrogens with one attached hydrogen (secondary N) is 2. The van der Waals surface area contributed by atoms with Crippen LogP contribution in [0.15, 0.2) is 23.3 Å². The van der Waals surface area contributed by atoms with E-state index in [1.54, 1.807) is 0 Å². The molecule has 1 saturated heterocycles. The van der Waals surface area contributed by atoms with E-state index in [9.17, 15) is 0 Å². The first-order chi connectivity index (χ1) is 10.1. The van der Waals surface area contributed by atoms with Crippen molar-refractivity contribution in [1.29, 1.82) is 0 Å². The minimum atomic E-state index is 0.273. The van der Waals surface area contributed by atoms with Crippen molar-refractivity contribution in [3.63, 3.8) is 0 Å². The second kappa shape index (κ2) is 7.52. The molecule has 0 amide bonds. The van der Waals surface area contributed by atoms with Gasteiger partial charge in [0.1, 0.15) is 0 Å². The van der Waals surface area contributed by atoms with Crippen molar-refractivity contribution in [2.75, 3.05) is 13.2 Å². The van der Waals surface area contributed by atoms with Crippen molar-refractivity contribution in [2.24, 2.45) is 5.10 Å². The molecule has 0 radical (unpaired) electrons. The van der Waals surface area contributed by atoms with Crippen LogP contribution in [0.25, 0.3) is 0 Å². The van der Waals surface area contributed by atoms with Crippen molar-refractivity contribution in [1.82, 2.24) is 10.7 Å². The first-order valence-corrected chi connectivity index (χ1v) is 7.74. The molecule has 0 bridgehead atoms. The summed E-state index contributed by atoms with van der Waals surface area (Å²) < 4.78 is 5.54. The SMILES string of the molecule is C/C(=N/NC(=S)NCC1CCCO1)c1ccc(C)c(C)c1. The molecule has 1 aliphatic rings. The number of benzene rings is 1. The Balaban J connectivity index is 1.84. The molecule has 0 saturated carbocycles. The maximum Gasteiger partial charge on any atom is 0.187 e. The lowest BCUT2D eigenvalue weighted by atomic mass is 10.0. The predicted molar refractivity (Wildman–Crippen MR) is 90.8 cm³/mol. The molecule has 1 aliphatic heterocycles. The number of hydrogen-bond donors (Lipinski definition) is 2. The number of hydrogen-bond acceptors (Lipinski definition) is 3.